The van der Waals surface area contributed by atoms with Gasteiger partial charge in [-0.3, -0.25) is 14.9 Å². The molecule has 0 spiro atoms. The molecule has 19 heavy (non-hydrogen) atoms. The quantitative estimate of drug-likeness (QED) is 0.805. The van der Waals surface area contributed by atoms with Crippen molar-refractivity contribution in [3.63, 3.8) is 0 Å². The molecule has 0 aliphatic carbocycles. The Morgan fingerprint density at radius 2 is 2.16 bits per heavy atom. The molecule has 0 bridgehead atoms. The third-order valence-corrected chi connectivity index (χ3v) is 3.82. The van der Waals surface area contributed by atoms with Crippen LogP contribution in [0.25, 0.3) is 0 Å². The minimum atomic E-state index is -0.561. The highest BCUT2D eigenvalue weighted by Crippen LogP contribution is 2.31. The lowest BCUT2D eigenvalue weighted by Crippen LogP contribution is -2.57. The standard InChI is InChI=1S/C13H15BrN2O3/c1-7-13(19)15-12(18)6-16(7)11-4-3-9(8(2)17)5-10(11)14/h3-5,7-8,17H,6H2,1-2H3,(H,15,18,19)/t7?,8-/m0/s1. The monoisotopic (exact) mass is 326 g/mol. The topological polar surface area (TPSA) is 69.6 Å². The maximum absolute atomic E-state index is 11.6. The van der Waals surface area contributed by atoms with E-state index in [1.54, 1.807) is 36.9 Å². The summed E-state index contributed by atoms with van der Waals surface area (Å²) in [6, 6.07) is 4.97. The van der Waals surface area contributed by atoms with E-state index in [9.17, 15) is 14.7 Å². The summed E-state index contributed by atoms with van der Waals surface area (Å²) in [5.74, 6) is -0.614. The second-order valence-electron chi connectivity index (χ2n) is 4.60. The number of halogens is 1. The summed E-state index contributed by atoms with van der Waals surface area (Å²) >= 11 is 3.42. The number of nitrogens with one attached hydrogen (secondary N) is 1. The number of imide groups is 1. The second-order valence-corrected chi connectivity index (χ2v) is 5.46. The van der Waals surface area contributed by atoms with Gasteiger partial charge in [-0.25, -0.2) is 0 Å². The molecule has 2 rings (SSSR count). The summed E-state index contributed by atoms with van der Waals surface area (Å²) in [4.78, 5) is 24.8. The van der Waals surface area contributed by atoms with Gasteiger partial charge in [-0.05, 0) is 47.5 Å². The third-order valence-electron chi connectivity index (χ3n) is 3.19. The first-order valence-corrected chi connectivity index (χ1v) is 6.77. The zero-order valence-electron chi connectivity index (χ0n) is 10.7. The molecule has 0 aromatic heterocycles. The number of carbonyl (C=O) groups is 2. The molecule has 2 amide bonds. The van der Waals surface area contributed by atoms with Gasteiger partial charge in [0.05, 0.1) is 18.3 Å². The summed E-state index contributed by atoms with van der Waals surface area (Å²) in [6.45, 7) is 3.57. The average Bonchev–Trinajstić information content (AvgIpc) is 2.33. The fourth-order valence-electron chi connectivity index (χ4n) is 2.02. The minimum Gasteiger partial charge on any atom is -0.389 e. The van der Waals surface area contributed by atoms with Gasteiger partial charge in [0.25, 0.3) is 0 Å². The number of piperazine rings is 1. The Morgan fingerprint density at radius 3 is 2.74 bits per heavy atom. The van der Waals surface area contributed by atoms with E-state index in [4.69, 9.17) is 0 Å². The van der Waals surface area contributed by atoms with E-state index in [2.05, 4.69) is 21.2 Å². The van der Waals surface area contributed by atoms with E-state index in [1.807, 2.05) is 0 Å². The summed E-state index contributed by atoms with van der Waals surface area (Å²) in [6.07, 6.45) is -0.561. The van der Waals surface area contributed by atoms with Crippen LogP contribution >= 0.6 is 15.9 Å². The molecule has 2 atom stereocenters. The van der Waals surface area contributed by atoms with Crippen LogP contribution in [0.4, 0.5) is 5.69 Å². The summed E-state index contributed by atoms with van der Waals surface area (Å²) in [7, 11) is 0. The maximum Gasteiger partial charge on any atom is 0.249 e. The van der Waals surface area contributed by atoms with Crippen LogP contribution in [0.5, 0.6) is 0 Å². The van der Waals surface area contributed by atoms with Gasteiger partial charge >= 0.3 is 0 Å². The van der Waals surface area contributed by atoms with Crippen LogP contribution in [0.1, 0.15) is 25.5 Å². The van der Waals surface area contributed by atoms with E-state index >= 15 is 0 Å². The molecule has 1 aromatic carbocycles. The highest BCUT2D eigenvalue weighted by Gasteiger charge is 2.31. The zero-order chi connectivity index (χ0) is 14.2. The van der Waals surface area contributed by atoms with Crippen molar-refractivity contribution in [2.24, 2.45) is 0 Å². The lowest BCUT2D eigenvalue weighted by atomic mass is 10.1. The molecule has 1 fully saturated rings. The normalized spacial score (nSPS) is 21.3. The molecule has 0 saturated carbocycles. The molecule has 0 radical (unpaired) electrons. The first-order valence-electron chi connectivity index (χ1n) is 5.98. The van der Waals surface area contributed by atoms with Crippen LogP contribution in [0.3, 0.4) is 0 Å². The van der Waals surface area contributed by atoms with Crippen molar-refractivity contribution in [1.82, 2.24) is 5.32 Å². The predicted molar refractivity (Wildman–Crippen MR) is 74.7 cm³/mol. The molecule has 1 unspecified atom stereocenters. The van der Waals surface area contributed by atoms with Crippen LogP contribution in [0, 0.1) is 0 Å². The third kappa shape index (κ3) is 2.79. The predicted octanol–water partition coefficient (Wildman–Crippen LogP) is 1.35. The number of hydrogen-bond donors (Lipinski definition) is 2. The van der Waals surface area contributed by atoms with Gasteiger partial charge in [-0.2, -0.15) is 0 Å². The Hall–Kier alpha value is -1.40. The number of anilines is 1. The number of hydrogen-bond acceptors (Lipinski definition) is 4. The number of amides is 2. The maximum atomic E-state index is 11.6. The molecule has 102 valence electrons. The van der Waals surface area contributed by atoms with Crippen LogP contribution < -0.4 is 10.2 Å². The van der Waals surface area contributed by atoms with Crippen molar-refractivity contribution in [2.75, 3.05) is 11.4 Å². The van der Waals surface area contributed by atoms with E-state index in [0.29, 0.717) is 0 Å². The van der Waals surface area contributed by atoms with Crippen LogP contribution in [-0.4, -0.2) is 29.5 Å². The minimum absolute atomic E-state index is 0.138. The fraction of sp³-hybridized carbons (Fsp3) is 0.385. The molecule has 6 heteroatoms. The number of aliphatic hydroxyl groups is 1. The molecule has 1 aliphatic rings. The zero-order valence-corrected chi connectivity index (χ0v) is 12.3. The molecule has 2 N–H and O–H groups in total. The number of rotatable bonds is 2. The van der Waals surface area contributed by atoms with Gasteiger partial charge in [0.2, 0.25) is 11.8 Å². The molecule has 5 nitrogen and oxygen atoms in total. The first-order chi connectivity index (χ1) is 8.90. The molecule has 1 saturated heterocycles. The van der Waals surface area contributed by atoms with Crippen molar-refractivity contribution in [2.45, 2.75) is 26.0 Å². The number of carbonyl (C=O) groups excluding carboxylic acids is 2. The van der Waals surface area contributed by atoms with Gasteiger partial charge in [0.1, 0.15) is 6.04 Å². The highest BCUT2D eigenvalue weighted by atomic mass is 79.9. The van der Waals surface area contributed by atoms with E-state index < -0.39 is 12.1 Å². The van der Waals surface area contributed by atoms with Crippen LogP contribution in [-0.2, 0) is 9.59 Å². The van der Waals surface area contributed by atoms with Crippen molar-refractivity contribution in [3.8, 4) is 0 Å². The summed E-state index contributed by atoms with van der Waals surface area (Å²) in [5.41, 5.74) is 1.54. The van der Waals surface area contributed by atoms with Crippen LogP contribution in [0.15, 0.2) is 22.7 Å². The van der Waals surface area contributed by atoms with Gasteiger partial charge in [-0.15, -0.1) is 0 Å². The Morgan fingerprint density at radius 1 is 1.47 bits per heavy atom. The van der Waals surface area contributed by atoms with Crippen molar-refractivity contribution < 1.29 is 14.7 Å². The lowest BCUT2D eigenvalue weighted by molar-refractivity contribution is -0.132. The number of benzene rings is 1. The number of nitrogens with zero attached hydrogens (tertiary/aromatic N) is 1. The van der Waals surface area contributed by atoms with Gasteiger partial charge < -0.3 is 10.0 Å². The summed E-state index contributed by atoms with van der Waals surface area (Å²) < 4.78 is 0.750. The van der Waals surface area contributed by atoms with Crippen molar-refractivity contribution >= 4 is 33.4 Å². The SMILES string of the molecule is CC1C(=O)NC(=O)CN1c1ccc([C@H](C)O)cc1Br. The van der Waals surface area contributed by atoms with Gasteiger partial charge in [0.15, 0.2) is 0 Å². The van der Waals surface area contributed by atoms with E-state index in [0.717, 1.165) is 15.7 Å². The molecule has 1 aromatic rings. The lowest BCUT2D eigenvalue weighted by Gasteiger charge is -2.34. The Kier molecular flexibility index (Phi) is 3.91. The van der Waals surface area contributed by atoms with Gasteiger partial charge in [-0.1, -0.05) is 6.07 Å². The van der Waals surface area contributed by atoms with Crippen molar-refractivity contribution in [1.29, 1.82) is 0 Å². The second kappa shape index (κ2) is 5.30. The molecule has 1 aliphatic heterocycles. The Labute approximate surface area is 119 Å². The van der Waals surface area contributed by atoms with Crippen LogP contribution in [0.2, 0.25) is 0 Å². The Bertz CT molecular complexity index is 531. The first kappa shape index (κ1) is 14.0. The number of aliphatic hydroxyl groups excluding tert-OH is 1. The van der Waals surface area contributed by atoms with E-state index in [-0.39, 0.29) is 18.4 Å². The highest BCUT2D eigenvalue weighted by molar-refractivity contribution is 9.10. The largest absolute Gasteiger partial charge is 0.389 e. The average molecular weight is 327 g/mol. The fourth-order valence-corrected chi connectivity index (χ4v) is 2.65. The van der Waals surface area contributed by atoms with Gasteiger partial charge in [0, 0.05) is 4.47 Å². The smallest absolute Gasteiger partial charge is 0.249 e. The molecular weight excluding hydrogens is 312 g/mol. The molecule has 1 heterocycles. The van der Waals surface area contributed by atoms with E-state index in [1.165, 1.54) is 0 Å². The summed E-state index contributed by atoms with van der Waals surface area (Å²) in [5, 5.41) is 11.8. The Balaban J connectivity index is 2.35. The van der Waals surface area contributed by atoms with Crippen molar-refractivity contribution in [3.05, 3.63) is 28.2 Å². The molecular formula is C13H15BrN2O3.